The number of benzene rings is 1. The molecule has 1 aliphatic rings. The van der Waals surface area contributed by atoms with Crippen molar-refractivity contribution in [3.05, 3.63) is 45.8 Å². The van der Waals surface area contributed by atoms with E-state index in [9.17, 15) is 9.18 Å². The molecule has 1 aliphatic carbocycles. The Balaban J connectivity index is 1.74. The van der Waals surface area contributed by atoms with Crippen molar-refractivity contribution in [2.24, 2.45) is 0 Å². The summed E-state index contributed by atoms with van der Waals surface area (Å²) in [6, 6.07) is 3.79. The van der Waals surface area contributed by atoms with Crippen LogP contribution in [0.2, 0.25) is 10.0 Å². The summed E-state index contributed by atoms with van der Waals surface area (Å²) < 4.78 is 28.0. The molecule has 27 heavy (non-hydrogen) atoms. The number of carbonyl (C=O) groups excluding carboxylic acids is 1. The predicted octanol–water partition coefficient (Wildman–Crippen LogP) is 5.65. The summed E-state index contributed by atoms with van der Waals surface area (Å²) in [5.74, 6) is -0.675. The zero-order valence-corrected chi connectivity index (χ0v) is 16.9. The molecular weight excluding hydrogens is 414 g/mol. The number of carbonyl (C=O) groups is 1. The topological polar surface area (TPSA) is 60.5 Å². The standard InChI is InChI=1S/C18H17Cl2FN2O3S/c1-9(2)25-18-14(20)5-10(8-22-18)26-16-7-15(21)12(6-13(16)19)17(24)23-27-11-3-4-11/h5-9,11H,3-4H2,1-2H3,(H,23,24). The molecule has 2 aromatic rings. The fraction of sp³-hybridized carbons (Fsp3) is 0.333. The molecule has 9 heteroatoms. The molecule has 1 amide bonds. The highest BCUT2D eigenvalue weighted by molar-refractivity contribution is 7.98. The van der Waals surface area contributed by atoms with Gasteiger partial charge in [-0.05, 0) is 44.7 Å². The maximum Gasteiger partial charge on any atom is 0.264 e. The molecule has 1 saturated carbocycles. The van der Waals surface area contributed by atoms with Gasteiger partial charge in [-0.2, -0.15) is 0 Å². The molecule has 0 spiro atoms. The van der Waals surface area contributed by atoms with Gasteiger partial charge in [0.05, 0.1) is 22.9 Å². The van der Waals surface area contributed by atoms with E-state index < -0.39 is 11.7 Å². The summed E-state index contributed by atoms with van der Waals surface area (Å²) in [6.45, 7) is 3.71. The Hall–Kier alpha value is -1.70. The lowest BCUT2D eigenvalue weighted by atomic mass is 10.2. The van der Waals surface area contributed by atoms with E-state index in [1.165, 1.54) is 30.3 Å². The van der Waals surface area contributed by atoms with Gasteiger partial charge in [-0.1, -0.05) is 23.2 Å². The van der Waals surface area contributed by atoms with Gasteiger partial charge < -0.3 is 9.47 Å². The number of hydrogen-bond donors (Lipinski definition) is 1. The molecule has 0 unspecified atom stereocenters. The van der Waals surface area contributed by atoms with Gasteiger partial charge in [0.1, 0.15) is 22.3 Å². The Kier molecular flexibility index (Phi) is 6.34. The number of hydrogen-bond acceptors (Lipinski definition) is 5. The lowest BCUT2D eigenvalue weighted by Crippen LogP contribution is -2.18. The summed E-state index contributed by atoms with van der Waals surface area (Å²) in [4.78, 5) is 16.2. The molecule has 1 aromatic heterocycles. The van der Waals surface area contributed by atoms with Gasteiger partial charge in [-0.25, -0.2) is 9.37 Å². The highest BCUT2D eigenvalue weighted by atomic mass is 35.5. The second kappa shape index (κ2) is 8.54. The Labute approximate surface area is 170 Å². The summed E-state index contributed by atoms with van der Waals surface area (Å²) in [5.41, 5.74) is -0.141. The molecule has 0 bridgehead atoms. The molecule has 1 fully saturated rings. The van der Waals surface area contributed by atoms with Crippen LogP contribution < -0.4 is 14.2 Å². The first-order chi connectivity index (χ1) is 12.8. The molecule has 0 radical (unpaired) electrons. The highest BCUT2D eigenvalue weighted by Crippen LogP contribution is 2.35. The number of pyridine rings is 1. The third kappa shape index (κ3) is 5.40. The van der Waals surface area contributed by atoms with Crippen LogP contribution >= 0.6 is 35.1 Å². The van der Waals surface area contributed by atoms with Crippen LogP contribution in [0.4, 0.5) is 4.39 Å². The van der Waals surface area contributed by atoms with E-state index in [1.807, 2.05) is 13.8 Å². The van der Waals surface area contributed by atoms with Crippen molar-refractivity contribution in [3.8, 4) is 17.4 Å². The van der Waals surface area contributed by atoms with Crippen molar-refractivity contribution in [1.82, 2.24) is 9.71 Å². The lowest BCUT2D eigenvalue weighted by Gasteiger charge is -2.13. The predicted molar refractivity (Wildman–Crippen MR) is 105 cm³/mol. The van der Waals surface area contributed by atoms with Gasteiger partial charge in [0, 0.05) is 17.4 Å². The maximum absolute atomic E-state index is 14.3. The number of ether oxygens (including phenoxy) is 2. The van der Waals surface area contributed by atoms with E-state index in [2.05, 4.69) is 9.71 Å². The monoisotopic (exact) mass is 430 g/mol. The van der Waals surface area contributed by atoms with Gasteiger partial charge in [-0.3, -0.25) is 9.52 Å². The average Bonchev–Trinajstić information content (AvgIpc) is 3.42. The zero-order valence-electron chi connectivity index (χ0n) is 14.6. The molecule has 3 rings (SSSR count). The first kappa shape index (κ1) is 20.0. The van der Waals surface area contributed by atoms with Crippen LogP contribution in [0.25, 0.3) is 0 Å². The fourth-order valence-corrected chi connectivity index (χ4v) is 3.22. The van der Waals surface area contributed by atoms with Crippen molar-refractivity contribution < 1.29 is 18.7 Å². The molecule has 0 aliphatic heterocycles. The molecule has 1 aromatic carbocycles. The number of amides is 1. The molecule has 0 saturated heterocycles. The van der Waals surface area contributed by atoms with Crippen LogP contribution in [0.5, 0.6) is 17.4 Å². The van der Waals surface area contributed by atoms with Gasteiger partial charge in [0.2, 0.25) is 5.88 Å². The highest BCUT2D eigenvalue weighted by Gasteiger charge is 2.24. The lowest BCUT2D eigenvalue weighted by molar-refractivity contribution is 0.0980. The van der Waals surface area contributed by atoms with Gasteiger partial charge in [0.15, 0.2) is 0 Å². The van der Waals surface area contributed by atoms with Gasteiger partial charge in [0.25, 0.3) is 5.91 Å². The fourth-order valence-electron chi connectivity index (χ4n) is 2.06. The van der Waals surface area contributed by atoms with E-state index in [0.717, 1.165) is 18.9 Å². The van der Waals surface area contributed by atoms with E-state index in [-0.39, 0.29) is 39.1 Å². The summed E-state index contributed by atoms with van der Waals surface area (Å²) in [5, 5.41) is 0.762. The molecule has 0 atom stereocenters. The van der Waals surface area contributed by atoms with Crippen molar-refractivity contribution >= 4 is 41.1 Å². The van der Waals surface area contributed by atoms with E-state index in [1.54, 1.807) is 0 Å². The molecule has 1 heterocycles. The van der Waals surface area contributed by atoms with Crippen LogP contribution in [0.15, 0.2) is 24.4 Å². The Morgan fingerprint density at radius 3 is 2.67 bits per heavy atom. The third-order valence-electron chi connectivity index (χ3n) is 3.47. The number of nitrogens with zero attached hydrogens (tertiary/aromatic N) is 1. The molecular formula is C18H17Cl2FN2O3S. The second-order valence-corrected chi connectivity index (χ2v) is 8.16. The first-order valence-corrected chi connectivity index (χ1v) is 9.92. The van der Waals surface area contributed by atoms with Crippen molar-refractivity contribution in [1.29, 1.82) is 0 Å². The quantitative estimate of drug-likeness (QED) is 0.575. The van der Waals surface area contributed by atoms with Crippen molar-refractivity contribution in [2.45, 2.75) is 38.0 Å². The molecule has 144 valence electrons. The summed E-state index contributed by atoms with van der Waals surface area (Å²) in [7, 11) is 0. The minimum Gasteiger partial charge on any atom is -0.474 e. The number of rotatable bonds is 7. The minimum atomic E-state index is -0.734. The molecule has 5 nitrogen and oxygen atoms in total. The first-order valence-electron chi connectivity index (χ1n) is 8.28. The summed E-state index contributed by atoms with van der Waals surface area (Å²) >= 11 is 13.6. The van der Waals surface area contributed by atoms with Gasteiger partial charge >= 0.3 is 0 Å². The number of halogens is 3. The van der Waals surface area contributed by atoms with Gasteiger partial charge in [-0.15, -0.1) is 0 Å². The van der Waals surface area contributed by atoms with Crippen LogP contribution in [0, 0.1) is 5.82 Å². The van der Waals surface area contributed by atoms with Crippen molar-refractivity contribution in [3.63, 3.8) is 0 Å². The van der Waals surface area contributed by atoms with Crippen LogP contribution in [-0.4, -0.2) is 22.2 Å². The number of nitrogens with one attached hydrogen (secondary N) is 1. The minimum absolute atomic E-state index is 0.0518. The Bertz CT molecular complexity index is 863. The molecule has 1 N–H and O–H groups in total. The van der Waals surface area contributed by atoms with E-state index >= 15 is 0 Å². The SMILES string of the molecule is CC(C)Oc1ncc(Oc2cc(F)c(C(=O)NSC3CC3)cc2Cl)cc1Cl. The van der Waals surface area contributed by atoms with Crippen LogP contribution in [0.3, 0.4) is 0 Å². The van der Waals surface area contributed by atoms with E-state index in [4.69, 9.17) is 32.7 Å². The number of aromatic nitrogens is 1. The van der Waals surface area contributed by atoms with Crippen LogP contribution in [0.1, 0.15) is 37.0 Å². The maximum atomic E-state index is 14.3. The second-order valence-electron chi connectivity index (χ2n) is 6.24. The normalized spacial score (nSPS) is 13.6. The summed E-state index contributed by atoms with van der Waals surface area (Å²) in [6.07, 6.45) is 3.42. The third-order valence-corrected chi connectivity index (χ3v) is 5.14. The van der Waals surface area contributed by atoms with Crippen molar-refractivity contribution in [2.75, 3.05) is 0 Å². The Morgan fingerprint density at radius 1 is 1.30 bits per heavy atom. The van der Waals surface area contributed by atoms with E-state index in [0.29, 0.717) is 5.25 Å². The average molecular weight is 431 g/mol. The largest absolute Gasteiger partial charge is 0.474 e. The van der Waals surface area contributed by atoms with Crippen LogP contribution in [-0.2, 0) is 0 Å². The smallest absolute Gasteiger partial charge is 0.264 e. The zero-order chi connectivity index (χ0) is 19.6. The Morgan fingerprint density at radius 2 is 2.04 bits per heavy atom.